The summed E-state index contributed by atoms with van der Waals surface area (Å²) in [4.78, 5) is 1.85. The molecule has 1 aliphatic heterocycles. The number of aliphatic hydroxyl groups is 2. The van der Waals surface area contributed by atoms with Gasteiger partial charge in [0.1, 0.15) is 5.82 Å². The molecule has 0 bridgehead atoms. The zero-order valence-corrected chi connectivity index (χ0v) is 10.6. The molecule has 0 saturated carbocycles. The number of rotatable bonds is 2. The fourth-order valence-electron chi connectivity index (χ4n) is 2.29. The Hall–Kier alpha value is -1.17. The van der Waals surface area contributed by atoms with Crippen LogP contribution in [0.15, 0.2) is 12.1 Å². The molecule has 1 aromatic carbocycles. The normalized spacial score (nSPS) is 25.6. The molecule has 4 N–H and O–H groups in total. The molecule has 0 radical (unpaired) electrons. The Morgan fingerprint density at radius 1 is 1.33 bits per heavy atom. The molecule has 18 heavy (non-hydrogen) atoms. The molecule has 100 valence electrons. The Labute approximate surface area is 106 Å². The van der Waals surface area contributed by atoms with Crippen LogP contribution in [-0.4, -0.2) is 35.5 Å². The molecule has 4 nitrogen and oxygen atoms in total. The first-order valence-corrected chi connectivity index (χ1v) is 6.07. The van der Waals surface area contributed by atoms with Gasteiger partial charge < -0.3 is 20.8 Å². The minimum absolute atomic E-state index is 0.286. The quantitative estimate of drug-likeness (QED) is 0.726. The van der Waals surface area contributed by atoms with Crippen LogP contribution in [0.2, 0.25) is 0 Å². The van der Waals surface area contributed by atoms with Crippen molar-refractivity contribution in [2.75, 3.05) is 18.0 Å². The van der Waals surface area contributed by atoms with Gasteiger partial charge in [0.25, 0.3) is 0 Å². The van der Waals surface area contributed by atoms with Gasteiger partial charge in [0.05, 0.1) is 12.2 Å². The number of hydrogen-bond donors (Lipinski definition) is 3. The lowest BCUT2D eigenvalue weighted by molar-refractivity contribution is 0.0572. The molecule has 1 aliphatic rings. The molecule has 1 aromatic rings. The number of hydrogen-bond acceptors (Lipinski definition) is 4. The van der Waals surface area contributed by atoms with E-state index in [1.807, 2.05) is 4.90 Å². The van der Waals surface area contributed by atoms with E-state index >= 15 is 0 Å². The van der Waals surface area contributed by atoms with Gasteiger partial charge in [-0.15, -0.1) is 0 Å². The third-order valence-electron chi connectivity index (χ3n) is 3.40. The van der Waals surface area contributed by atoms with E-state index in [2.05, 4.69) is 0 Å². The predicted molar refractivity (Wildman–Crippen MR) is 68.0 cm³/mol. The number of nitrogens with zero attached hydrogens (tertiary/aromatic N) is 1. The van der Waals surface area contributed by atoms with E-state index in [4.69, 9.17) is 5.73 Å². The van der Waals surface area contributed by atoms with Crippen molar-refractivity contribution < 1.29 is 14.6 Å². The zero-order chi connectivity index (χ0) is 13.4. The molecule has 0 aliphatic carbocycles. The molecule has 1 heterocycles. The van der Waals surface area contributed by atoms with E-state index in [1.54, 1.807) is 19.9 Å². The van der Waals surface area contributed by atoms with Gasteiger partial charge >= 0.3 is 0 Å². The maximum Gasteiger partial charge on any atom is 0.126 e. The van der Waals surface area contributed by atoms with Gasteiger partial charge in [-0.2, -0.15) is 0 Å². The molecule has 2 rings (SSSR count). The van der Waals surface area contributed by atoms with Crippen LogP contribution < -0.4 is 10.6 Å². The highest BCUT2D eigenvalue weighted by molar-refractivity contribution is 5.58. The minimum atomic E-state index is -0.767. The minimum Gasteiger partial charge on any atom is -0.389 e. The van der Waals surface area contributed by atoms with E-state index in [1.165, 1.54) is 6.07 Å². The highest BCUT2D eigenvalue weighted by Crippen LogP contribution is 2.30. The maximum atomic E-state index is 13.6. The van der Waals surface area contributed by atoms with Gasteiger partial charge in [-0.3, -0.25) is 0 Å². The second-order valence-electron chi connectivity index (χ2n) is 4.99. The lowest BCUT2D eigenvalue weighted by Crippen LogP contribution is -2.24. The van der Waals surface area contributed by atoms with Gasteiger partial charge in [-0.05, 0) is 37.1 Å². The fraction of sp³-hybridized carbons (Fsp3) is 0.538. The van der Waals surface area contributed by atoms with Gasteiger partial charge in [0.2, 0.25) is 0 Å². The summed E-state index contributed by atoms with van der Waals surface area (Å²) >= 11 is 0. The number of halogens is 1. The first kappa shape index (κ1) is 13.3. The lowest BCUT2D eigenvalue weighted by Gasteiger charge is -2.24. The summed E-state index contributed by atoms with van der Waals surface area (Å²) in [7, 11) is 0. The van der Waals surface area contributed by atoms with Gasteiger partial charge in [-0.1, -0.05) is 0 Å². The van der Waals surface area contributed by atoms with Crippen molar-refractivity contribution >= 4 is 5.69 Å². The van der Waals surface area contributed by atoms with Crippen LogP contribution in [0.1, 0.15) is 24.1 Å². The van der Waals surface area contributed by atoms with Crippen LogP contribution in [0, 0.1) is 12.7 Å². The Morgan fingerprint density at radius 3 is 2.39 bits per heavy atom. The number of aryl methyl sites for hydroxylation is 1. The summed E-state index contributed by atoms with van der Waals surface area (Å²) in [5.41, 5.74) is 7.87. The van der Waals surface area contributed by atoms with E-state index in [0.29, 0.717) is 24.2 Å². The zero-order valence-electron chi connectivity index (χ0n) is 10.6. The number of nitrogens with two attached hydrogens (primary N) is 1. The molecule has 1 fully saturated rings. The van der Waals surface area contributed by atoms with Gasteiger partial charge in [0.15, 0.2) is 0 Å². The summed E-state index contributed by atoms with van der Waals surface area (Å²) in [5, 5.41) is 19.2. The topological polar surface area (TPSA) is 69.7 Å². The average Bonchev–Trinajstić information content (AvgIpc) is 2.62. The predicted octanol–water partition coefficient (Wildman–Crippen LogP) is 0.696. The number of β-amino-alcohol motifs (C(OH)–C–C–N with tert-alkyl or cyclic N) is 2. The smallest absolute Gasteiger partial charge is 0.126 e. The third-order valence-corrected chi connectivity index (χ3v) is 3.40. The lowest BCUT2D eigenvalue weighted by atomic mass is 10.0. The fourth-order valence-corrected chi connectivity index (χ4v) is 2.29. The van der Waals surface area contributed by atoms with Crippen molar-refractivity contribution in [2.24, 2.45) is 5.73 Å². The Morgan fingerprint density at radius 2 is 1.89 bits per heavy atom. The second-order valence-corrected chi connectivity index (χ2v) is 4.99. The second kappa shape index (κ2) is 4.84. The number of aliphatic hydroxyl groups excluding tert-OH is 2. The van der Waals surface area contributed by atoms with E-state index < -0.39 is 12.2 Å². The van der Waals surface area contributed by atoms with Crippen LogP contribution in [0.3, 0.4) is 0 Å². The molecule has 0 amide bonds. The standard InChI is InChI=1S/C13H19FN2O2/c1-7-3-11(9(8(2)15)4-10(7)14)16-5-12(17)13(18)6-16/h3-4,8,12-13,17-18H,5-6,15H2,1-2H3/t8-,12?,13?/m1/s1. The van der Waals surface area contributed by atoms with Crippen LogP contribution in [-0.2, 0) is 0 Å². The molecular weight excluding hydrogens is 235 g/mol. The van der Waals surface area contributed by atoms with Crippen molar-refractivity contribution in [3.05, 3.63) is 29.1 Å². The third kappa shape index (κ3) is 2.34. The maximum absolute atomic E-state index is 13.6. The molecule has 2 unspecified atom stereocenters. The molecule has 5 heteroatoms. The van der Waals surface area contributed by atoms with Crippen LogP contribution in [0.25, 0.3) is 0 Å². The Kier molecular flexibility index (Phi) is 3.56. The summed E-state index contributed by atoms with van der Waals surface area (Å²) in [6.07, 6.45) is -1.53. The summed E-state index contributed by atoms with van der Waals surface area (Å²) < 4.78 is 13.6. The van der Waals surface area contributed by atoms with E-state index in [0.717, 1.165) is 5.69 Å². The number of benzene rings is 1. The highest BCUT2D eigenvalue weighted by Gasteiger charge is 2.31. The first-order valence-electron chi connectivity index (χ1n) is 6.07. The van der Waals surface area contributed by atoms with Crippen molar-refractivity contribution in [3.63, 3.8) is 0 Å². The molecule has 0 spiro atoms. The summed E-state index contributed by atoms with van der Waals surface area (Å²) in [6, 6.07) is 2.86. The van der Waals surface area contributed by atoms with Gasteiger partial charge in [0, 0.05) is 24.8 Å². The largest absolute Gasteiger partial charge is 0.389 e. The van der Waals surface area contributed by atoms with Crippen molar-refractivity contribution in [1.29, 1.82) is 0 Å². The molecule has 3 atom stereocenters. The van der Waals surface area contributed by atoms with Crippen LogP contribution in [0.4, 0.5) is 10.1 Å². The Balaban J connectivity index is 2.40. The summed E-state index contributed by atoms with van der Waals surface area (Å²) in [6.45, 7) is 4.15. The average molecular weight is 254 g/mol. The summed E-state index contributed by atoms with van der Waals surface area (Å²) in [5.74, 6) is -0.286. The molecule has 0 aromatic heterocycles. The number of anilines is 1. The highest BCUT2D eigenvalue weighted by atomic mass is 19.1. The first-order chi connectivity index (χ1) is 8.40. The molecule has 1 saturated heterocycles. The van der Waals surface area contributed by atoms with Crippen LogP contribution in [0.5, 0.6) is 0 Å². The van der Waals surface area contributed by atoms with Crippen molar-refractivity contribution in [3.8, 4) is 0 Å². The molecular formula is C13H19FN2O2. The SMILES string of the molecule is Cc1cc(N2CC(O)C(O)C2)c([C@@H](C)N)cc1F. The van der Waals surface area contributed by atoms with Crippen LogP contribution >= 0.6 is 0 Å². The van der Waals surface area contributed by atoms with E-state index in [-0.39, 0.29) is 11.9 Å². The van der Waals surface area contributed by atoms with Gasteiger partial charge in [-0.25, -0.2) is 4.39 Å². The Bertz CT molecular complexity index is 441. The van der Waals surface area contributed by atoms with Crippen molar-refractivity contribution in [1.82, 2.24) is 0 Å². The van der Waals surface area contributed by atoms with E-state index in [9.17, 15) is 14.6 Å². The monoisotopic (exact) mass is 254 g/mol. The van der Waals surface area contributed by atoms with Crippen molar-refractivity contribution in [2.45, 2.75) is 32.1 Å².